The standard InChI is InChI=1S/C8H10F3NO2.ClH/c9-8(10,11)6-2-7(3-6,4-6)12-1-5(13)14;/h12H,1-4H2,(H,13,14);1H. The van der Waals surface area contributed by atoms with Gasteiger partial charge in [-0.2, -0.15) is 13.2 Å². The Bertz CT molecular complexity index is 272. The number of nitrogens with one attached hydrogen (secondary N) is 1. The molecule has 3 rings (SSSR count). The molecule has 0 amide bonds. The fraction of sp³-hybridized carbons (Fsp3) is 0.875. The van der Waals surface area contributed by atoms with Crippen molar-refractivity contribution in [1.82, 2.24) is 5.32 Å². The molecule has 7 heteroatoms. The summed E-state index contributed by atoms with van der Waals surface area (Å²) in [5.74, 6) is -1.03. The average molecular weight is 246 g/mol. The maximum absolute atomic E-state index is 12.3. The van der Waals surface area contributed by atoms with Crippen molar-refractivity contribution in [2.45, 2.75) is 31.0 Å². The van der Waals surface area contributed by atoms with Crippen molar-refractivity contribution in [2.75, 3.05) is 6.54 Å². The van der Waals surface area contributed by atoms with Crippen LogP contribution in [0.5, 0.6) is 0 Å². The summed E-state index contributed by atoms with van der Waals surface area (Å²) in [4.78, 5) is 10.2. The highest BCUT2D eigenvalue weighted by molar-refractivity contribution is 5.85. The Hall–Kier alpha value is -0.490. The van der Waals surface area contributed by atoms with Crippen molar-refractivity contribution in [2.24, 2.45) is 5.41 Å². The minimum atomic E-state index is -4.13. The molecule has 15 heavy (non-hydrogen) atoms. The number of carboxylic acids is 1. The van der Waals surface area contributed by atoms with E-state index in [0.717, 1.165) is 0 Å². The monoisotopic (exact) mass is 245 g/mol. The number of hydrogen-bond donors (Lipinski definition) is 2. The zero-order chi connectivity index (χ0) is 10.6. The van der Waals surface area contributed by atoms with Crippen LogP contribution in [0, 0.1) is 5.41 Å². The van der Waals surface area contributed by atoms with E-state index in [2.05, 4.69) is 5.32 Å². The molecular formula is C8H11ClF3NO2. The Morgan fingerprint density at radius 2 is 1.80 bits per heavy atom. The smallest absolute Gasteiger partial charge is 0.394 e. The molecule has 0 spiro atoms. The number of aliphatic carboxylic acids is 1. The Labute approximate surface area is 90.4 Å². The molecule has 0 aliphatic heterocycles. The van der Waals surface area contributed by atoms with Gasteiger partial charge in [-0.25, -0.2) is 0 Å². The van der Waals surface area contributed by atoms with Gasteiger partial charge in [-0.05, 0) is 19.3 Å². The van der Waals surface area contributed by atoms with Crippen molar-refractivity contribution in [3.8, 4) is 0 Å². The number of rotatable bonds is 3. The molecule has 2 bridgehead atoms. The molecule has 3 nitrogen and oxygen atoms in total. The van der Waals surface area contributed by atoms with Gasteiger partial charge in [-0.1, -0.05) is 0 Å². The Morgan fingerprint density at radius 1 is 1.33 bits per heavy atom. The highest BCUT2D eigenvalue weighted by atomic mass is 35.5. The molecule has 0 saturated heterocycles. The number of halogens is 4. The summed E-state index contributed by atoms with van der Waals surface area (Å²) in [7, 11) is 0. The van der Waals surface area contributed by atoms with E-state index in [0.29, 0.717) is 0 Å². The molecule has 0 unspecified atom stereocenters. The second-order valence-corrected chi connectivity index (χ2v) is 4.34. The highest BCUT2D eigenvalue weighted by Crippen LogP contribution is 2.73. The van der Waals surface area contributed by atoms with Gasteiger partial charge in [0.25, 0.3) is 0 Å². The molecular weight excluding hydrogens is 235 g/mol. The maximum Gasteiger partial charge on any atom is 0.394 e. The Morgan fingerprint density at radius 3 is 2.13 bits per heavy atom. The summed E-state index contributed by atoms with van der Waals surface area (Å²) in [6.07, 6.45) is -4.01. The maximum atomic E-state index is 12.3. The lowest BCUT2D eigenvalue weighted by Crippen LogP contribution is -2.78. The fourth-order valence-corrected chi connectivity index (χ4v) is 2.54. The van der Waals surface area contributed by atoms with Gasteiger partial charge >= 0.3 is 12.1 Å². The Balaban J connectivity index is 0.00000112. The number of hydrogen-bond acceptors (Lipinski definition) is 2. The molecule has 3 fully saturated rings. The van der Waals surface area contributed by atoms with E-state index in [9.17, 15) is 18.0 Å². The van der Waals surface area contributed by atoms with Gasteiger partial charge in [-0.15, -0.1) is 12.4 Å². The van der Waals surface area contributed by atoms with Crippen LogP contribution in [0.2, 0.25) is 0 Å². The highest BCUT2D eigenvalue weighted by Gasteiger charge is 2.78. The SMILES string of the molecule is Cl.O=C(O)CNC12CC(C(F)(F)F)(C1)C2. The van der Waals surface area contributed by atoms with E-state index < -0.39 is 23.1 Å². The molecule has 3 aliphatic carbocycles. The molecule has 88 valence electrons. The van der Waals surface area contributed by atoms with Crippen LogP contribution in [0.25, 0.3) is 0 Å². The predicted molar refractivity (Wildman–Crippen MR) is 48.0 cm³/mol. The normalized spacial score (nSPS) is 37.3. The van der Waals surface area contributed by atoms with E-state index in [4.69, 9.17) is 5.11 Å². The predicted octanol–water partition coefficient (Wildman–Crippen LogP) is 1.57. The number of carboxylic acid groups (broad SMARTS) is 1. The lowest BCUT2D eigenvalue weighted by Gasteiger charge is -2.70. The summed E-state index contributed by atoms with van der Waals surface area (Å²) >= 11 is 0. The van der Waals surface area contributed by atoms with Gasteiger partial charge in [0, 0.05) is 5.54 Å². The van der Waals surface area contributed by atoms with Gasteiger partial charge in [0.1, 0.15) is 0 Å². The van der Waals surface area contributed by atoms with Crippen LogP contribution in [0.3, 0.4) is 0 Å². The zero-order valence-corrected chi connectivity index (χ0v) is 8.54. The Kier molecular flexibility index (Phi) is 2.72. The van der Waals surface area contributed by atoms with Gasteiger partial charge in [-0.3, -0.25) is 4.79 Å². The van der Waals surface area contributed by atoms with Gasteiger partial charge in [0.15, 0.2) is 0 Å². The third-order valence-corrected chi connectivity index (χ3v) is 3.25. The van der Waals surface area contributed by atoms with Crippen molar-refractivity contribution in [3.05, 3.63) is 0 Å². The minimum absolute atomic E-state index is 0. The van der Waals surface area contributed by atoms with Crippen LogP contribution in [-0.4, -0.2) is 29.3 Å². The second kappa shape index (κ2) is 3.25. The van der Waals surface area contributed by atoms with Crippen LogP contribution in [0.1, 0.15) is 19.3 Å². The third-order valence-electron chi connectivity index (χ3n) is 3.25. The van der Waals surface area contributed by atoms with Crippen molar-refractivity contribution >= 4 is 18.4 Å². The van der Waals surface area contributed by atoms with E-state index in [1.165, 1.54) is 0 Å². The zero-order valence-electron chi connectivity index (χ0n) is 7.73. The van der Waals surface area contributed by atoms with E-state index >= 15 is 0 Å². The van der Waals surface area contributed by atoms with Gasteiger partial charge in [0.2, 0.25) is 0 Å². The fourth-order valence-electron chi connectivity index (χ4n) is 2.54. The number of alkyl halides is 3. The van der Waals surface area contributed by atoms with E-state index in [1.807, 2.05) is 0 Å². The molecule has 3 aliphatic rings. The van der Waals surface area contributed by atoms with Gasteiger partial charge < -0.3 is 10.4 Å². The molecule has 0 aromatic heterocycles. The summed E-state index contributed by atoms with van der Waals surface area (Å²) in [6.45, 7) is -0.256. The first-order valence-corrected chi connectivity index (χ1v) is 4.32. The third kappa shape index (κ3) is 1.69. The molecule has 0 heterocycles. The van der Waals surface area contributed by atoms with E-state index in [-0.39, 0.29) is 38.2 Å². The molecule has 0 atom stereocenters. The first kappa shape index (κ1) is 12.6. The summed E-state index contributed by atoms with van der Waals surface area (Å²) in [5, 5.41) is 11.0. The van der Waals surface area contributed by atoms with Crippen LogP contribution in [0.15, 0.2) is 0 Å². The van der Waals surface area contributed by atoms with Crippen LogP contribution >= 0.6 is 12.4 Å². The largest absolute Gasteiger partial charge is 0.480 e. The topological polar surface area (TPSA) is 49.3 Å². The first-order chi connectivity index (χ1) is 6.29. The molecule has 0 aromatic rings. The van der Waals surface area contributed by atoms with Crippen molar-refractivity contribution in [3.63, 3.8) is 0 Å². The van der Waals surface area contributed by atoms with Crippen LogP contribution in [0.4, 0.5) is 13.2 Å². The van der Waals surface area contributed by atoms with E-state index in [1.54, 1.807) is 0 Å². The minimum Gasteiger partial charge on any atom is -0.480 e. The van der Waals surface area contributed by atoms with Gasteiger partial charge in [0.05, 0.1) is 12.0 Å². The summed E-state index contributed by atoms with van der Waals surface area (Å²) in [6, 6.07) is 0. The molecule has 0 radical (unpaired) electrons. The summed E-state index contributed by atoms with van der Waals surface area (Å²) in [5.41, 5.74) is -2.04. The second-order valence-electron chi connectivity index (χ2n) is 4.34. The molecule has 3 saturated carbocycles. The molecule has 0 aromatic carbocycles. The lowest BCUT2D eigenvalue weighted by molar-refractivity contribution is -0.339. The quantitative estimate of drug-likeness (QED) is 0.794. The van der Waals surface area contributed by atoms with Crippen LogP contribution in [-0.2, 0) is 4.79 Å². The summed E-state index contributed by atoms with van der Waals surface area (Å²) < 4.78 is 37.0. The van der Waals surface area contributed by atoms with Crippen molar-refractivity contribution in [1.29, 1.82) is 0 Å². The lowest BCUT2D eigenvalue weighted by atomic mass is 9.39. The average Bonchev–Trinajstić information content (AvgIpc) is 1.76. The number of carbonyl (C=O) groups is 1. The van der Waals surface area contributed by atoms with Crippen molar-refractivity contribution < 1.29 is 23.1 Å². The first-order valence-electron chi connectivity index (χ1n) is 4.32. The van der Waals surface area contributed by atoms with Crippen LogP contribution < -0.4 is 5.32 Å². The molecule has 2 N–H and O–H groups in total.